The van der Waals surface area contributed by atoms with E-state index in [1.54, 1.807) is 7.11 Å². The number of nitrogens with zero attached hydrogens (tertiary/aromatic N) is 2. The van der Waals surface area contributed by atoms with Crippen LogP contribution in [0.3, 0.4) is 0 Å². The minimum absolute atomic E-state index is 0.558. The van der Waals surface area contributed by atoms with E-state index in [1.165, 1.54) is 28.2 Å². The first-order valence-electron chi connectivity index (χ1n) is 8.24. The van der Waals surface area contributed by atoms with Crippen LogP contribution in [0.1, 0.15) is 22.3 Å². The third-order valence-corrected chi connectivity index (χ3v) is 4.72. The van der Waals surface area contributed by atoms with Crippen molar-refractivity contribution >= 4 is 11.5 Å². The van der Waals surface area contributed by atoms with Gasteiger partial charge in [-0.05, 0) is 49.9 Å². The van der Waals surface area contributed by atoms with Gasteiger partial charge >= 0.3 is 0 Å². The van der Waals surface area contributed by atoms with E-state index in [-0.39, 0.29) is 0 Å². The number of ether oxygens (including phenoxy) is 2. The molecule has 0 aliphatic carbocycles. The quantitative estimate of drug-likeness (QED) is 0.617. The fourth-order valence-corrected chi connectivity index (χ4v) is 3.17. The van der Waals surface area contributed by atoms with Crippen molar-refractivity contribution in [2.24, 2.45) is 0 Å². The van der Waals surface area contributed by atoms with Gasteiger partial charge in [0.25, 0.3) is 5.19 Å². The SMILES string of the molecule is COCCc1cc(C)c(Oc2nc(-c3ccc(C)cc3)ns2)cc1C. The van der Waals surface area contributed by atoms with Gasteiger partial charge in [0, 0.05) is 24.2 Å². The zero-order valence-corrected chi connectivity index (χ0v) is 15.8. The number of rotatable bonds is 6. The lowest BCUT2D eigenvalue weighted by molar-refractivity contribution is 0.202. The van der Waals surface area contributed by atoms with Crippen molar-refractivity contribution in [1.29, 1.82) is 0 Å². The molecular weight excluding hydrogens is 332 g/mol. The topological polar surface area (TPSA) is 44.2 Å². The Morgan fingerprint density at radius 1 is 1.00 bits per heavy atom. The molecule has 0 unspecified atom stereocenters. The van der Waals surface area contributed by atoms with E-state index in [2.05, 4.69) is 47.5 Å². The predicted molar refractivity (Wildman–Crippen MR) is 102 cm³/mol. The molecule has 0 spiro atoms. The van der Waals surface area contributed by atoms with Crippen molar-refractivity contribution in [3.8, 4) is 22.3 Å². The Morgan fingerprint density at radius 3 is 2.48 bits per heavy atom. The molecule has 130 valence electrons. The summed E-state index contributed by atoms with van der Waals surface area (Å²) in [6, 6.07) is 12.4. The number of methoxy groups -OCH3 is 1. The Kier molecular flexibility index (Phi) is 5.46. The molecule has 3 aromatic rings. The summed E-state index contributed by atoms with van der Waals surface area (Å²) >= 11 is 1.27. The standard InChI is InChI=1S/C20H22N2O2S/c1-13-5-7-16(8-6-13)19-21-20(25-22-19)24-18-12-14(2)17(9-10-23-4)11-15(18)3/h5-8,11-12H,9-10H2,1-4H3. The molecule has 1 heterocycles. The molecule has 0 bridgehead atoms. The highest BCUT2D eigenvalue weighted by Gasteiger charge is 2.11. The summed E-state index contributed by atoms with van der Waals surface area (Å²) in [5.41, 5.74) is 5.78. The van der Waals surface area contributed by atoms with Crippen LogP contribution in [0.25, 0.3) is 11.4 Å². The zero-order chi connectivity index (χ0) is 17.8. The van der Waals surface area contributed by atoms with Gasteiger partial charge in [0.1, 0.15) is 5.75 Å². The summed E-state index contributed by atoms with van der Waals surface area (Å²) in [4.78, 5) is 4.51. The molecule has 0 atom stereocenters. The number of benzene rings is 2. The fraction of sp³-hybridized carbons (Fsp3) is 0.300. The maximum Gasteiger partial charge on any atom is 0.299 e. The van der Waals surface area contributed by atoms with Gasteiger partial charge in [-0.2, -0.15) is 9.36 Å². The van der Waals surface area contributed by atoms with E-state index in [4.69, 9.17) is 9.47 Å². The first-order valence-corrected chi connectivity index (χ1v) is 9.02. The summed E-state index contributed by atoms with van der Waals surface area (Å²) in [7, 11) is 1.72. The third kappa shape index (κ3) is 4.24. The maximum atomic E-state index is 5.99. The third-order valence-electron chi connectivity index (χ3n) is 4.12. The monoisotopic (exact) mass is 354 g/mol. The summed E-state index contributed by atoms with van der Waals surface area (Å²) in [6.45, 7) is 6.92. The number of hydrogen-bond acceptors (Lipinski definition) is 5. The Morgan fingerprint density at radius 2 is 1.76 bits per heavy atom. The highest BCUT2D eigenvalue weighted by molar-refractivity contribution is 7.07. The molecule has 2 aromatic carbocycles. The number of hydrogen-bond donors (Lipinski definition) is 0. The van der Waals surface area contributed by atoms with Crippen LogP contribution < -0.4 is 4.74 Å². The minimum atomic E-state index is 0.558. The molecule has 25 heavy (non-hydrogen) atoms. The molecule has 0 saturated heterocycles. The largest absolute Gasteiger partial charge is 0.430 e. The second-order valence-electron chi connectivity index (χ2n) is 6.14. The Hall–Kier alpha value is -2.24. The lowest BCUT2D eigenvalue weighted by Crippen LogP contribution is -1.99. The number of aryl methyl sites for hydroxylation is 3. The summed E-state index contributed by atoms with van der Waals surface area (Å²) in [5, 5.41) is 0.558. The smallest absolute Gasteiger partial charge is 0.299 e. The Labute approximate surface area is 152 Å². The molecule has 0 fully saturated rings. The average molecular weight is 354 g/mol. The number of aromatic nitrogens is 2. The van der Waals surface area contributed by atoms with Crippen LogP contribution in [0, 0.1) is 20.8 Å². The lowest BCUT2D eigenvalue weighted by Gasteiger charge is -2.11. The first kappa shape index (κ1) is 17.6. The fourth-order valence-electron chi connectivity index (χ4n) is 2.61. The molecule has 0 radical (unpaired) electrons. The van der Waals surface area contributed by atoms with Gasteiger partial charge in [-0.3, -0.25) is 0 Å². The van der Waals surface area contributed by atoms with E-state index in [0.717, 1.165) is 29.9 Å². The van der Waals surface area contributed by atoms with Gasteiger partial charge in [0.15, 0.2) is 5.82 Å². The normalized spacial score (nSPS) is 10.9. The minimum Gasteiger partial charge on any atom is -0.430 e. The predicted octanol–water partition coefficient (Wildman–Crippen LogP) is 5.11. The van der Waals surface area contributed by atoms with Crippen LogP contribution in [-0.4, -0.2) is 23.1 Å². The van der Waals surface area contributed by atoms with Gasteiger partial charge in [0.2, 0.25) is 0 Å². The van der Waals surface area contributed by atoms with Crippen molar-refractivity contribution in [2.75, 3.05) is 13.7 Å². The van der Waals surface area contributed by atoms with Crippen LogP contribution in [0.5, 0.6) is 10.9 Å². The molecule has 0 aliphatic rings. The van der Waals surface area contributed by atoms with Gasteiger partial charge in [0.05, 0.1) is 6.61 Å². The summed E-state index contributed by atoms with van der Waals surface area (Å²) in [5.74, 6) is 1.52. The van der Waals surface area contributed by atoms with E-state index in [0.29, 0.717) is 11.0 Å². The van der Waals surface area contributed by atoms with Crippen molar-refractivity contribution in [3.63, 3.8) is 0 Å². The highest BCUT2D eigenvalue weighted by atomic mass is 32.1. The molecule has 5 heteroatoms. The van der Waals surface area contributed by atoms with E-state index in [9.17, 15) is 0 Å². The molecular formula is C20H22N2O2S. The van der Waals surface area contributed by atoms with Gasteiger partial charge in [-0.1, -0.05) is 35.9 Å². The maximum absolute atomic E-state index is 5.99. The highest BCUT2D eigenvalue weighted by Crippen LogP contribution is 2.31. The summed E-state index contributed by atoms with van der Waals surface area (Å²) in [6.07, 6.45) is 0.903. The van der Waals surface area contributed by atoms with Crippen LogP contribution in [0.2, 0.25) is 0 Å². The van der Waals surface area contributed by atoms with Gasteiger partial charge in [-0.15, -0.1) is 0 Å². The van der Waals surface area contributed by atoms with Crippen LogP contribution in [0.4, 0.5) is 0 Å². The van der Waals surface area contributed by atoms with Crippen molar-refractivity contribution < 1.29 is 9.47 Å². The van der Waals surface area contributed by atoms with Crippen molar-refractivity contribution in [1.82, 2.24) is 9.36 Å². The average Bonchev–Trinajstić information content (AvgIpc) is 3.06. The van der Waals surface area contributed by atoms with E-state index in [1.807, 2.05) is 19.1 Å². The molecule has 4 nitrogen and oxygen atoms in total. The second-order valence-corrected chi connectivity index (χ2v) is 6.85. The van der Waals surface area contributed by atoms with E-state index < -0.39 is 0 Å². The van der Waals surface area contributed by atoms with Crippen molar-refractivity contribution in [2.45, 2.75) is 27.2 Å². The van der Waals surface area contributed by atoms with Gasteiger partial charge in [-0.25, -0.2) is 0 Å². The first-order chi connectivity index (χ1) is 12.1. The van der Waals surface area contributed by atoms with Crippen LogP contribution >= 0.6 is 11.5 Å². The molecule has 3 rings (SSSR count). The lowest BCUT2D eigenvalue weighted by atomic mass is 10.0. The molecule has 0 aliphatic heterocycles. The van der Waals surface area contributed by atoms with Crippen LogP contribution in [-0.2, 0) is 11.2 Å². The Balaban J connectivity index is 1.79. The molecule has 0 saturated carbocycles. The van der Waals surface area contributed by atoms with Gasteiger partial charge < -0.3 is 9.47 Å². The Bertz CT molecular complexity index is 857. The summed E-state index contributed by atoms with van der Waals surface area (Å²) < 4.78 is 15.6. The van der Waals surface area contributed by atoms with E-state index >= 15 is 0 Å². The molecule has 1 aromatic heterocycles. The molecule has 0 N–H and O–H groups in total. The zero-order valence-electron chi connectivity index (χ0n) is 15.0. The van der Waals surface area contributed by atoms with Crippen LogP contribution in [0.15, 0.2) is 36.4 Å². The second kappa shape index (κ2) is 7.76. The molecule has 0 amide bonds. The van der Waals surface area contributed by atoms with Crippen molar-refractivity contribution in [3.05, 3.63) is 58.7 Å².